The second-order valence-electron chi connectivity index (χ2n) is 10.2. The SMILES string of the molecule is CO/N=C(/c1cc2c(cc1C(C)C)CC[C@H]1[C@](C)(C(=O)O)CCC[C@]21C)C(C)C. The van der Waals surface area contributed by atoms with Crippen LogP contribution in [0.1, 0.15) is 95.4 Å². The van der Waals surface area contributed by atoms with Crippen molar-refractivity contribution in [3.05, 3.63) is 34.4 Å². The summed E-state index contributed by atoms with van der Waals surface area (Å²) in [6.07, 6.45) is 4.69. The van der Waals surface area contributed by atoms with Gasteiger partial charge in [-0.15, -0.1) is 0 Å². The Bertz CT molecular complexity index is 826. The Morgan fingerprint density at radius 3 is 2.45 bits per heavy atom. The highest BCUT2D eigenvalue weighted by Gasteiger charge is 2.55. The van der Waals surface area contributed by atoms with E-state index < -0.39 is 11.4 Å². The summed E-state index contributed by atoms with van der Waals surface area (Å²) >= 11 is 0. The Morgan fingerprint density at radius 2 is 1.90 bits per heavy atom. The van der Waals surface area contributed by atoms with Gasteiger partial charge >= 0.3 is 5.97 Å². The molecule has 1 aromatic carbocycles. The van der Waals surface area contributed by atoms with Gasteiger partial charge in [-0.2, -0.15) is 0 Å². The van der Waals surface area contributed by atoms with Gasteiger partial charge in [-0.3, -0.25) is 4.79 Å². The van der Waals surface area contributed by atoms with Crippen molar-refractivity contribution in [3.8, 4) is 0 Å². The van der Waals surface area contributed by atoms with Crippen molar-refractivity contribution in [1.29, 1.82) is 0 Å². The Labute approximate surface area is 175 Å². The van der Waals surface area contributed by atoms with Crippen molar-refractivity contribution >= 4 is 11.7 Å². The van der Waals surface area contributed by atoms with Gasteiger partial charge in [0.2, 0.25) is 0 Å². The van der Waals surface area contributed by atoms with E-state index in [1.165, 1.54) is 22.3 Å². The minimum Gasteiger partial charge on any atom is -0.481 e. The number of nitrogens with zero attached hydrogens (tertiary/aromatic N) is 1. The highest BCUT2D eigenvalue weighted by Crippen LogP contribution is 2.57. The minimum atomic E-state index is -0.650. The van der Waals surface area contributed by atoms with Crippen molar-refractivity contribution in [2.45, 2.75) is 85.0 Å². The third-order valence-corrected chi connectivity index (χ3v) is 7.65. The molecule has 0 heterocycles. The van der Waals surface area contributed by atoms with Gasteiger partial charge in [0, 0.05) is 5.56 Å². The van der Waals surface area contributed by atoms with E-state index in [0.29, 0.717) is 5.92 Å². The Hall–Kier alpha value is -1.84. The summed E-state index contributed by atoms with van der Waals surface area (Å²) in [4.78, 5) is 17.4. The molecule has 4 nitrogen and oxygen atoms in total. The summed E-state index contributed by atoms with van der Waals surface area (Å²) in [6, 6.07) is 4.71. The summed E-state index contributed by atoms with van der Waals surface area (Å²) in [6.45, 7) is 13.0. The number of carboxylic acid groups (broad SMARTS) is 1. The molecule has 1 N–H and O–H groups in total. The zero-order valence-electron chi connectivity index (χ0n) is 19.1. The monoisotopic (exact) mass is 399 g/mol. The van der Waals surface area contributed by atoms with Crippen LogP contribution >= 0.6 is 0 Å². The van der Waals surface area contributed by atoms with Crippen LogP contribution in [-0.2, 0) is 21.5 Å². The number of benzene rings is 1. The number of hydrogen-bond donors (Lipinski definition) is 1. The summed E-state index contributed by atoms with van der Waals surface area (Å²) in [5, 5.41) is 14.5. The lowest BCUT2D eigenvalue weighted by molar-refractivity contribution is -0.157. The van der Waals surface area contributed by atoms with E-state index in [1.54, 1.807) is 7.11 Å². The summed E-state index contributed by atoms with van der Waals surface area (Å²) in [5.41, 5.74) is 5.42. The van der Waals surface area contributed by atoms with Gasteiger partial charge in [0.15, 0.2) is 0 Å². The molecule has 4 heteroatoms. The predicted octanol–water partition coefficient (Wildman–Crippen LogP) is 5.91. The van der Waals surface area contributed by atoms with Crippen LogP contribution in [0.4, 0.5) is 0 Å². The fourth-order valence-corrected chi connectivity index (χ4v) is 6.06. The minimum absolute atomic E-state index is 0.113. The number of aliphatic carboxylic acids is 1. The lowest BCUT2D eigenvalue weighted by Gasteiger charge is -2.53. The largest absolute Gasteiger partial charge is 0.481 e. The maximum atomic E-state index is 12.2. The molecule has 0 aliphatic heterocycles. The molecule has 1 aromatic rings. The molecule has 0 saturated heterocycles. The zero-order chi connectivity index (χ0) is 21.6. The third-order valence-electron chi connectivity index (χ3n) is 7.65. The van der Waals surface area contributed by atoms with Crippen LogP contribution in [0.15, 0.2) is 17.3 Å². The fraction of sp³-hybridized carbons (Fsp3) is 0.680. The number of oxime groups is 1. The number of hydrogen-bond acceptors (Lipinski definition) is 3. The van der Waals surface area contributed by atoms with E-state index in [0.717, 1.165) is 37.8 Å². The number of carboxylic acids is 1. The Kier molecular flexibility index (Phi) is 5.86. The van der Waals surface area contributed by atoms with Gasteiger partial charge in [0.25, 0.3) is 0 Å². The second-order valence-corrected chi connectivity index (χ2v) is 10.2. The number of aryl methyl sites for hydroxylation is 1. The Balaban J connectivity index is 2.23. The van der Waals surface area contributed by atoms with Crippen molar-refractivity contribution in [2.75, 3.05) is 7.11 Å². The maximum absolute atomic E-state index is 12.2. The first-order valence-corrected chi connectivity index (χ1v) is 11.1. The predicted molar refractivity (Wildman–Crippen MR) is 118 cm³/mol. The van der Waals surface area contributed by atoms with Gasteiger partial charge in [0.05, 0.1) is 11.1 Å². The average Bonchev–Trinajstić information content (AvgIpc) is 2.64. The van der Waals surface area contributed by atoms with Gasteiger partial charge in [-0.05, 0) is 78.5 Å². The highest BCUT2D eigenvalue weighted by molar-refractivity contribution is 6.03. The Morgan fingerprint density at radius 1 is 1.21 bits per heavy atom. The van der Waals surface area contributed by atoms with Gasteiger partial charge in [-0.1, -0.05) is 52.3 Å². The molecule has 1 saturated carbocycles. The van der Waals surface area contributed by atoms with Crippen LogP contribution in [0.25, 0.3) is 0 Å². The molecule has 0 amide bonds. The van der Waals surface area contributed by atoms with Crippen LogP contribution in [0, 0.1) is 17.3 Å². The molecule has 1 fully saturated rings. The molecular weight excluding hydrogens is 362 g/mol. The van der Waals surface area contributed by atoms with Crippen LogP contribution in [0.2, 0.25) is 0 Å². The van der Waals surface area contributed by atoms with Crippen LogP contribution < -0.4 is 0 Å². The normalized spacial score (nSPS) is 29.6. The third kappa shape index (κ3) is 3.49. The van der Waals surface area contributed by atoms with E-state index in [-0.39, 0.29) is 17.3 Å². The van der Waals surface area contributed by atoms with Crippen molar-refractivity contribution in [1.82, 2.24) is 0 Å². The first-order valence-electron chi connectivity index (χ1n) is 11.1. The smallest absolute Gasteiger partial charge is 0.309 e. The molecule has 3 rings (SSSR count). The molecular formula is C25H37NO3. The zero-order valence-corrected chi connectivity index (χ0v) is 19.1. The number of fused-ring (bicyclic) bond motifs is 3. The van der Waals surface area contributed by atoms with E-state index >= 15 is 0 Å². The molecule has 160 valence electrons. The molecule has 0 spiro atoms. The van der Waals surface area contributed by atoms with Gasteiger partial charge in [-0.25, -0.2) is 0 Å². The molecule has 0 bridgehead atoms. The van der Waals surface area contributed by atoms with E-state index in [9.17, 15) is 9.90 Å². The van der Waals surface area contributed by atoms with E-state index in [4.69, 9.17) is 4.84 Å². The lowest BCUT2D eigenvalue weighted by atomic mass is 9.49. The number of rotatable bonds is 5. The van der Waals surface area contributed by atoms with Crippen molar-refractivity contribution in [2.24, 2.45) is 22.4 Å². The van der Waals surface area contributed by atoms with E-state index in [2.05, 4.69) is 51.9 Å². The highest BCUT2D eigenvalue weighted by atomic mass is 16.6. The number of carbonyl (C=O) groups is 1. The second kappa shape index (κ2) is 7.77. The molecule has 3 atom stereocenters. The summed E-state index contributed by atoms with van der Waals surface area (Å²) in [5.74, 6) is 0.152. The van der Waals surface area contributed by atoms with Gasteiger partial charge < -0.3 is 9.94 Å². The van der Waals surface area contributed by atoms with Crippen molar-refractivity contribution in [3.63, 3.8) is 0 Å². The first kappa shape index (κ1) is 21.9. The van der Waals surface area contributed by atoms with Crippen LogP contribution in [-0.4, -0.2) is 23.9 Å². The standard InChI is InChI=1S/C25H37NO3/c1-15(2)18-13-17-9-10-21-24(5,11-8-12-25(21,6)23(27)28)20(17)14-19(18)22(16(3)4)26-29-7/h13-16,21H,8-12H2,1-7H3,(H,27,28)/b26-22+/t21-,24-,25-/m1/s1. The van der Waals surface area contributed by atoms with Gasteiger partial charge in [0.1, 0.15) is 7.11 Å². The first-order chi connectivity index (χ1) is 13.6. The molecule has 29 heavy (non-hydrogen) atoms. The quantitative estimate of drug-likeness (QED) is 0.494. The summed E-state index contributed by atoms with van der Waals surface area (Å²) < 4.78 is 0. The molecule has 2 aliphatic rings. The van der Waals surface area contributed by atoms with Crippen molar-refractivity contribution < 1.29 is 14.7 Å². The molecule has 0 aromatic heterocycles. The molecule has 0 radical (unpaired) electrons. The topological polar surface area (TPSA) is 58.9 Å². The van der Waals surface area contributed by atoms with Crippen LogP contribution in [0.5, 0.6) is 0 Å². The van der Waals surface area contributed by atoms with E-state index in [1.807, 2.05) is 6.92 Å². The van der Waals surface area contributed by atoms with Crippen LogP contribution in [0.3, 0.4) is 0 Å². The summed E-state index contributed by atoms with van der Waals surface area (Å²) in [7, 11) is 1.60. The molecule has 0 unspecified atom stereocenters. The maximum Gasteiger partial charge on any atom is 0.309 e. The fourth-order valence-electron chi connectivity index (χ4n) is 6.06. The lowest BCUT2D eigenvalue weighted by Crippen LogP contribution is -2.52. The average molecular weight is 400 g/mol. The molecule has 2 aliphatic carbocycles.